The minimum Gasteiger partial charge on any atom is -0.506 e. The lowest BCUT2D eigenvalue weighted by Gasteiger charge is -2.36. The van der Waals surface area contributed by atoms with E-state index in [1.807, 2.05) is 27.0 Å². The topological polar surface area (TPSA) is 91.8 Å². The van der Waals surface area contributed by atoms with Crippen LogP contribution in [0.2, 0.25) is 0 Å². The molecule has 0 bridgehead atoms. The maximum atomic E-state index is 14.1. The number of amides is 1. The van der Waals surface area contributed by atoms with E-state index in [4.69, 9.17) is 5.73 Å². The van der Waals surface area contributed by atoms with Crippen molar-refractivity contribution in [2.24, 2.45) is 11.7 Å². The van der Waals surface area contributed by atoms with Crippen molar-refractivity contribution in [3.8, 4) is 16.9 Å². The zero-order valence-corrected chi connectivity index (χ0v) is 19.1. The number of fused-ring (bicyclic) bond motifs is 1. The number of hydrogen-bond acceptors (Lipinski definition) is 5. The number of benzene rings is 2. The van der Waals surface area contributed by atoms with Crippen molar-refractivity contribution in [3.05, 3.63) is 58.1 Å². The Balaban J connectivity index is 2.13. The van der Waals surface area contributed by atoms with Gasteiger partial charge in [0, 0.05) is 38.3 Å². The number of carbonyl (C=O) groups is 1. The maximum Gasteiger partial charge on any atom is 0.267 e. The Kier molecular flexibility index (Phi) is 6.12. The van der Waals surface area contributed by atoms with E-state index in [0.29, 0.717) is 47.4 Å². The molecule has 0 radical (unpaired) electrons. The van der Waals surface area contributed by atoms with Gasteiger partial charge < -0.3 is 25.2 Å². The molecule has 8 heteroatoms. The van der Waals surface area contributed by atoms with E-state index < -0.39 is 22.8 Å². The summed E-state index contributed by atoms with van der Waals surface area (Å²) in [6.07, 6.45) is 0. The number of rotatable bonds is 5. The lowest BCUT2D eigenvalue weighted by Crippen LogP contribution is -2.45. The molecule has 0 saturated carbocycles. The van der Waals surface area contributed by atoms with Crippen LogP contribution in [0.1, 0.15) is 24.2 Å². The first-order valence-corrected chi connectivity index (χ1v) is 11.1. The molecule has 0 spiro atoms. The molecular formula is C25H29FN4O3. The molecule has 2 heterocycles. The minimum absolute atomic E-state index is 0.117. The van der Waals surface area contributed by atoms with Gasteiger partial charge in [-0.1, -0.05) is 32.0 Å². The molecule has 3 aromatic rings. The van der Waals surface area contributed by atoms with Crippen LogP contribution in [0.4, 0.5) is 10.1 Å². The molecule has 2 aromatic carbocycles. The maximum absolute atomic E-state index is 14.1. The molecule has 1 saturated heterocycles. The first-order valence-electron chi connectivity index (χ1n) is 11.1. The monoisotopic (exact) mass is 452 g/mol. The average molecular weight is 453 g/mol. The SMILES string of the molecule is CC(C)Cn1c(=O)c(C(N)=O)c(O)c2c(N3CCN(C)CC3)c(-c3cccc(F)c3)ccc21. The van der Waals surface area contributed by atoms with E-state index in [2.05, 4.69) is 9.80 Å². The average Bonchev–Trinajstić information content (AvgIpc) is 2.76. The van der Waals surface area contributed by atoms with Crippen LogP contribution in [0.3, 0.4) is 0 Å². The van der Waals surface area contributed by atoms with Crippen molar-refractivity contribution in [2.45, 2.75) is 20.4 Å². The van der Waals surface area contributed by atoms with E-state index in [1.165, 1.54) is 16.7 Å². The van der Waals surface area contributed by atoms with Crippen LogP contribution < -0.4 is 16.2 Å². The zero-order chi connectivity index (χ0) is 23.9. The van der Waals surface area contributed by atoms with Crippen molar-refractivity contribution in [3.63, 3.8) is 0 Å². The Morgan fingerprint density at radius 3 is 2.45 bits per heavy atom. The summed E-state index contributed by atoms with van der Waals surface area (Å²) >= 11 is 0. The number of aromatic hydroxyl groups is 1. The third kappa shape index (κ3) is 4.18. The van der Waals surface area contributed by atoms with Crippen LogP contribution in [-0.4, -0.2) is 53.7 Å². The van der Waals surface area contributed by atoms with Gasteiger partial charge in [-0.15, -0.1) is 0 Å². The van der Waals surface area contributed by atoms with Crippen molar-refractivity contribution in [1.29, 1.82) is 0 Å². The van der Waals surface area contributed by atoms with Crippen molar-refractivity contribution in [2.75, 3.05) is 38.1 Å². The number of pyridine rings is 1. The van der Waals surface area contributed by atoms with Gasteiger partial charge in [-0.05, 0) is 36.7 Å². The van der Waals surface area contributed by atoms with Crippen LogP contribution in [-0.2, 0) is 6.54 Å². The summed E-state index contributed by atoms with van der Waals surface area (Å²) in [4.78, 5) is 29.7. The van der Waals surface area contributed by atoms with Crippen LogP contribution in [0.5, 0.6) is 5.75 Å². The first-order chi connectivity index (χ1) is 15.7. The molecule has 0 aliphatic carbocycles. The molecule has 4 rings (SSSR count). The lowest BCUT2D eigenvalue weighted by atomic mass is 9.96. The molecule has 7 nitrogen and oxygen atoms in total. The number of anilines is 1. The quantitative estimate of drug-likeness (QED) is 0.621. The Labute approximate surface area is 191 Å². The number of nitrogens with zero attached hydrogens (tertiary/aromatic N) is 3. The number of piperazine rings is 1. The van der Waals surface area contributed by atoms with Gasteiger partial charge in [0.2, 0.25) is 0 Å². The molecule has 0 unspecified atom stereocenters. The number of primary amides is 1. The second-order valence-electron chi connectivity index (χ2n) is 9.05. The second kappa shape index (κ2) is 8.86. The fourth-order valence-corrected chi connectivity index (χ4v) is 4.53. The number of hydrogen-bond donors (Lipinski definition) is 2. The molecule has 174 valence electrons. The van der Waals surface area contributed by atoms with Crippen molar-refractivity contribution >= 4 is 22.5 Å². The number of aromatic nitrogens is 1. The van der Waals surface area contributed by atoms with E-state index in [-0.39, 0.29) is 11.7 Å². The van der Waals surface area contributed by atoms with Gasteiger partial charge in [-0.25, -0.2) is 4.39 Å². The summed E-state index contributed by atoms with van der Waals surface area (Å²) < 4.78 is 15.6. The number of likely N-dealkylation sites (N-methyl/N-ethyl adjacent to an activating group) is 1. The Morgan fingerprint density at radius 2 is 1.85 bits per heavy atom. The molecule has 33 heavy (non-hydrogen) atoms. The molecule has 1 aliphatic rings. The highest BCUT2D eigenvalue weighted by Crippen LogP contribution is 2.42. The fraction of sp³-hybridized carbons (Fsp3) is 0.360. The van der Waals surface area contributed by atoms with Crippen molar-refractivity contribution in [1.82, 2.24) is 9.47 Å². The predicted octanol–water partition coefficient (Wildman–Crippen LogP) is 3.02. The van der Waals surface area contributed by atoms with E-state index in [1.54, 1.807) is 18.2 Å². The standard InChI is InChI=1S/C25H29FN4O3/c1-15(2)14-30-19-8-7-18(16-5-4-6-17(26)13-16)22(29-11-9-28(3)10-12-29)20(19)23(31)21(24(27)32)25(30)33/h4-8,13,15,31H,9-12,14H2,1-3H3,(H2,27,32). The Morgan fingerprint density at radius 1 is 1.15 bits per heavy atom. The number of carbonyl (C=O) groups excluding carboxylic acids is 1. The van der Waals surface area contributed by atoms with Crippen molar-refractivity contribution < 1.29 is 14.3 Å². The second-order valence-corrected chi connectivity index (χ2v) is 9.05. The summed E-state index contributed by atoms with van der Waals surface area (Å²) in [7, 11) is 2.04. The summed E-state index contributed by atoms with van der Waals surface area (Å²) in [5.74, 6) is -1.65. The predicted molar refractivity (Wildman–Crippen MR) is 128 cm³/mol. The normalized spacial score (nSPS) is 14.9. The van der Waals surface area contributed by atoms with Gasteiger partial charge in [0.15, 0.2) is 0 Å². The van der Waals surface area contributed by atoms with Gasteiger partial charge in [-0.2, -0.15) is 0 Å². The lowest BCUT2D eigenvalue weighted by molar-refractivity contribution is 0.0996. The summed E-state index contributed by atoms with van der Waals surface area (Å²) in [6, 6.07) is 9.87. The van der Waals surface area contributed by atoms with E-state index in [0.717, 1.165) is 13.1 Å². The molecule has 0 atom stereocenters. The van der Waals surface area contributed by atoms with Crippen LogP contribution >= 0.6 is 0 Å². The summed E-state index contributed by atoms with van der Waals surface area (Å²) in [5, 5.41) is 11.6. The highest BCUT2D eigenvalue weighted by Gasteiger charge is 2.28. The highest BCUT2D eigenvalue weighted by atomic mass is 19.1. The van der Waals surface area contributed by atoms with Gasteiger partial charge >= 0.3 is 0 Å². The van der Waals surface area contributed by atoms with Crippen LogP contribution in [0.25, 0.3) is 22.0 Å². The van der Waals surface area contributed by atoms with E-state index in [9.17, 15) is 19.1 Å². The van der Waals surface area contributed by atoms with E-state index >= 15 is 0 Å². The molecule has 3 N–H and O–H groups in total. The molecular weight excluding hydrogens is 423 g/mol. The van der Waals surface area contributed by atoms with Crippen LogP contribution in [0, 0.1) is 11.7 Å². The summed E-state index contributed by atoms with van der Waals surface area (Å²) in [6.45, 7) is 7.24. The summed E-state index contributed by atoms with van der Waals surface area (Å²) in [5.41, 5.74) is 7.06. The van der Waals surface area contributed by atoms with Gasteiger partial charge in [-0.3, -0.25) is 9.59 Å². The minimum atomic E-state index is -0.975. The smallest absolute Gasteiger partial charge is 0.267 e. The number of halogens is 1. The first kappa shape index (κ1) is 22.8. The molecule has 1 amide bonds. The van der Waals surface area contributed by atoms with Gasteiger partial charge in [0.25, 0.3) is 11.5 Å². The highest BCUT2D eigenvalue weighted by molar-refractivity contribution is 6.09. The molecule has 1 fully saturated rings. The Hall–Kier alpha value is -3.39. The third-order valence-electron chi connectivity index (χ3n) is 6.13. The molecule has 1 aromatic heterocycles. The van der Waals surface area contributed by atoms with Gasteiger partial charge in [0.05, 0.1) is 16.6 Å². The third-order valence-corrected chi connectivity index (χ3v) is 6.13. The molecule has 1 aliphatic heterocycles. The van der Waals surface area contributed by atoms with Gasteiger partial charge in [0.1, 0.15) is 17.1 Å². The largest absolute Gasteiger partial charge is 0.506 e. The Bertz CT molecular complexity index is 1280. The number of nitrogens with two attached hydrogens (primary N) is 1. The zero-order valence-electron chi connectivity index (χ0n) is 19.1. The van der Waals surface area contributed by atoms with Crippen LogP contribution in [0.15, 0.2) is 41.2 Å². The fourth-order valence-electron chi connectivity index (χ4n) is 4.53.